The van der Waals surface area contributed by atoms with E-state index in [0.29, 0.717) is 23.3 Å². The van der Waals surface area contributed by atoms with Gasteiger partial charge in [0.2, 0.25) is 5.91 Å². The van der Waals surface area contributed by atoms with Gasteiger partial charge >= 0.3 is 0 Å². The van der Waals surface area contributed by atoms with E-state index in [2.05, 4.69) is 27.6 Å². The lowest BCUT2D eigenvalue weighted by Gasteiger charge is -2.11. The van der Waals surface area contributed by atoms with Crippen molar-refractivity contribution in [2.45, 2.75) is 18.2 Å². The number of rotatable bonds is 9. The lowest BCUT2D eigenvalue weighted by Crippen LogP contribution is -2.24. The molecule has 0 saturated carbocycles. The molecule has 0 fully saturated rings. The molecule has 1 amide bonds. The van der Waals surface area contributed by atoms with E-state index in [9.17, 15) is 4.79 Å². The predicted octanol–water partition coefficient (Wildman–Crippen LogP) is 5.06. The fourth-order valence-corrected chi connectivity index (χ4v) is 4.17. The molecule has 0 aliphatic carbocycles. The first kappa shape index (κ1) is 22.9. The van der Waals surface area contributed by atoms with Crippen molar-refractivity contribution < 1.29 is 9.53 Å². The van der Waals surface area contributed by atoms with Crippen LogP contribution in [0.3, 0.4) is 0 Å². The van der Waals surface area contributed by atoms with Crippen molar-refractivity contribution in [1.82, 2.24) is 20.1 Å². The second-order valence-corrected chi connectivity index (χ2v) is 8.68. The van der Waals surface area contributed by atoms with Crippen molar-refractivity contribution in [1.29, 1.82) is 0 Å². The first-order valence-corrected chi connectivity index (χ1v) is 11.7. The van der Waals surface area contributed by atoms with Crippen LogP contribution in [0.4, 0.5) is 0 Å². The Hall–Kier alpha value is -3.29. The van der Waals surface area contributed by atoms with Gasteiger partial charge in [-0.2, -0.15) is 0 Å². The van der Waals surface area contributed by atoms with Crippen LogP contribution in [0.15, 0.2) is 84.0 Å². The molecule has 0 unspecified atom stereocenters. The summed E-state index contributed by atoms with van der Waals surface area (Å²) in [5.41, 5.74) is 3.01. The first-order chi connectivity index (χ1) is 16.1. The summed E-state index contributed by atoms with van der Waals surface area (Å²) in [6.45, 7) is 1.03. The number of hydrogen-bond donors (Lipinski definition) is 1. The molecule has 1 heterocycles. The average molecular weight is 479 g/mol. The monoisotopic (exact) mass is 478 g/mol. The summed E-state index contributed by atoms with van der Waals surface area (Å²) in [6.07, 6.45) is 0. The Morgan fingerprint density at radius 3 is 2.52 bits per heavy atom. The Kier molecular flexibility index (Phi) is 7.65. The molecular weight excluding hydrogens is 456 g/mol. The zero-order valence-corrected chi connectivity index (χ0v) is 19.6. The van der Waals surface area contributed by atoms with Gasteiger partial charge in [0.1, 0.15) is 5.75 Å². The quantitative estimate of drug-likeness (QED) is 0.340. The van der Waals surface area contributed by atoms with Gasteiger partial charge in [-0.25, -0.2) is 0 Å². The molecule has 4 rings (SSSR count). The molecule has 0 atom stereocenters. The Morgan fingerprint density at radius 2 is 1.76 bits per heavy atom. The Balaban J connectivity index is 1.47. The van der Waals surface area contributed by atoms with Crippen LogP contribution in [0.1, 0.15) is 11.1 Å². The van der Waals surface area contributed by atoms with Crippen LogP contribution < -0.4 is 10.1 Å². The largest absolute Gasteiger partial charge is 0.497 e. The predicted molar refractivity (Wildman–Crippen MR) is 132 cm³/mol. The summed E-state index contributed by atoms with van der Waals surface area (Å²) >= 11 is 7.41. The van der Waals surface area contributed by atoms with Gasteiger partial charge in [-0.05, 0) is 47.5 Å². The highest BCUT2D eigenvalue weighted by molar-refractivity contribution is 7.99. The molecule has 8 heteroatoms. The van der Waals surface area contributed by atoms with Gasteiger partial charge in [0.05, 0.1) is 19.4 Å². The van der Waals surface area contributed by atoms with Gasteiger partial charge in [-0.15, -0.1) is 10.2 Å². The van der Waals surface area contributed by atoms with Crippen molar-refractivity contribution >= 4 is 29.3 Å². The van der Waals surface area contributed by atoms with Gasteiger partial charge in [0.15, 0.2) is 11.0 Å². The van der Waals surface area contributed by atoms with Gasteiger partial charge in [-0.3, -0.25) is 9.36 Å². The van der Waals surface area contributed by atoms with Crippen LogP contribution in [-0.4, -0.2) is 33.5 Å². The number of aromatic nitrogens is 3. The van der Waals surface area contributed by atoms with E-state index in [0.717, 1.165) is 28.3 Å². The van der Waals surface area contributed by atoms with Crippen molar-refractivity contribution in [3.8, 4) is 17.1 Å². The molecule has 6 nitrogen and oxygen atoms in total. The lowest BCUT2D eigenvalue weighted by atomic mass is 10.2. The normalized spacial score (nSPS) is 10.7. The highest BCUT2D eigenvalue weighted by atomic mass is 35.5. The molecule has 0 aliphatic heterocycles. The van der Waals surface area contributed by atoms with Crippen molar-refractivity contribution in [2.24, 2.45) is 0 Å². The maximum atomic E-state index is 12.5. The maximum Gasteiger partial charge on any atom is 0.230 e. The first-order valence-electron chi connectivity index (χ1n) is 10.4. The Bertz CT molecular complexity index is 1210. The molecule has 0 radical (unpaired) electrons. The molecule has 168 valence electrons. The Labute approximate surface area is 202 Å². The maximum absolute atomic E-state index is 12.5. The van der Waals surface area contributed by atoms with Crippen LogP contribution in [-0.2, 0) is 17.9 Å². The van der Waals surface area contributed by atoms with E-state index in [-0.39, 0.29) is 11.7 Å². The van der Waals surface area contributed by atoms with Crippen LogP contribution in [0.5, 0.6) is 5.75 Å². The van der Waals surface area contributed by atoms with Crippen molar-refractivity contribution in [2.75, 3.05) is 12.9 Å². The van der Waals surface area contributed by atoms with Crippen LogP contribution in [0, 0.1) is 0 Å². The summed E-state index contributed by atoms with van der Waals surface area (Å²) in [7, 11) is 1.62. The van der Waals surface area contributed by atoms with Crippen molar-refractivity contribution in [3.05, 3.63) is 95.0 Å². The van der Waals surface area contributed by atoms with Gasteiger partial charge < -0.3 is 10.1 Å². The number of hydrogen-bond acceptors (Lipinski definition) is 5. The lowest BCUT2D eigenvalue weighted by molar-refractivity contribution is -0.118. The fourth-order valence-electron chi connectivity index (χ4n) is 3.28. The number of nitrogens with zero attached hydrogens (tertiary/aromatic N) is 3. The van der Waals surface area contributed by atoms with E-state index < -0.39 is 0 Å². The topological polar surface area (TPSA) is 69.0 Å². The summed E-state index contributed by atoms with van der Waals surface area (Å²) in [5.74, 6) is 1.65. The van der Waals surface area contributed by atoms with Gasteiger partial charge in [0, 0.05) is 17.1 Å². The summed E-state index contributed by atoms with van der Waals surface area (Å²) in [6, 6.07) is 25.2. The molecule has 0 saturated heterocycles. The number of ether oxygens (including phenoxy) is 1. The fraction of sp³-hybridized carbons (Fsp3) is 0.160. The third-order valence-electron chi connectivity index (χ3n) is 4.96. The van der Waals surface area contributed by atoms with Gasteiger partial charge in [0.25, 0.3) is 0 Å². The highest BCUT2D eigenvalue weighted by Crippen LogP contribution is 2.26. The molecular formula is C25H23ClN4O2S. The minimum Gasteiger partial charge on any atom is -0.497 e. The zero-order valence-electron chi connectivity index (χ0n) is 18.1. The molecule has 3 aromatic carbocycles. The number of benzene rings is 3. The molecule has 0 spiro atoms. The second-order valence-electron chi connectivity index (χ2n) is 7.30. The SMILES string of the molecule is COc1cccc(CNC(=O)CSc2nnc(-c3ccc(Cl)cc3)n2Cc2ccccc2)c1. The number of methoxy groups -OCH3 is 1. The minimum atomic E-state index is -0.0786. The summed E-state index contributed by atoms with van der Waals surface area (Å²) < 4.78 is 7.26. The molecule has 0 bridgehead atoms. The van der Waals surface area contributed by atoms with E-state index >= 15 is 0 Å². The second kappa shape index (κ2) is 11.0. The van der Waals surface area contributed by atoms with Crippen LogP contribution in [0.25, 0.3) is 11.4 Å². The summed E-state index contributed by atoms with van der Waals surface area (Å²) in [5, 5.41) is 13.1. The number of nitrogens with one attached hydrogen (secondary N) is 1. The third-order valence-corrected chi connectivity index (χ3v) is 6.18. The number of carbonyl (C=O) groups is 1. The molecule has 1 N–H and O–H groups in total. The molecule has 33 heavy (non-hydrogen) atoms. The summed E-state index contributed by atoms with van der Waals surface area (Å²) in [4.78, 5) is 12.5. The number of halogens is 1. The number of carbonyl (C=O) groups excluding carboxylic acids is 1. The van der Waals surface area contributed by atoms with Crippen LogP contribution in [0.2, 0.25) is 5.02 Å². The molecule has 1 aromatic heterocycles. The molecule has 0 aliphatic rings. The van der Waals surface area contributed by atoms with Gasteiger partial charge in [-0.1, -0.05) is 65.8 Å². The molecule has 4 aromatic rings. The Morgan fingerprint density at radius 1 is 1.00 bits per heavy atom. The zero-order chi connectivity index (χ0) is 23.0. The third kappa shape index (κ3) is 6.15. The highest BCUT2D eigenvalue weighted by Gasteiger charge is 2.16. The standard InChI is InChI=1S/C25H23ClN4O2S/c1-32-22-9-5-8-19(14-22)15-27-23(31)17-33-25-29-28-24(20-10-12-21(26)13-11-20)30(25)16-18-6-3-2-4-7-18/h2-14H,15-17H2,1H3,(H,27,31). The average Bonchev–Trinajstić information content (AvgIpc) is 3.25. The number of amides is 1. The smallest absolute Gasteiger partial charge is 0.230 e. The van der Waals surface area contributed by atoms with E-state index in [1.54, 1.807) is 7.11 Å². The van der Waals surface area contributed by atoms with E-state index in [4.69, 9.17) is 16.3 Å². The minimum absolute atomic E-state index is 0.0786. The van der Waals surface area contributed by atoms with E-state index in [1.807, 2.05) is 71.3 Å². The van der Waals surface area contributed by atoms with E-state index in [1.165, 1.54) is 11.8 Å². The van der Waals surface area contributed by atoms with Crippen LogP contribution >= 0.6 is 23.4 Å². The van der Waals surface area contributed by atoms with Crippen molar-refractivity contribution in [3.63, 3.8) is 0 Å². The number of thioether (sulfide) groups is 1.